The summed E-state index contributed by atoms with van der Waals surface area (Å²) < 4.78 is 4.94. The monoisotopic (exact) mass is 560 g/mol. The van der Waals surface area contributed by atoms with Gasteiger partial charge in [0.15, 0.2) is 0 Å². The van der Waals surface area contributed by atoms with Gasteiger partial charge in [0.25, 0.3) is 0 Å². The topological polar surface area (TPSA) is 9.86 Å². The van der Waals surface area contributed by atoms with Gasteiger partial charge >= 0.3 is 0 Å². The van der Waals surface area contributed by atoms with Crippen LogP contribution in [0.2, 0.25) is 0 Å². The molecule has 2 aromatic heterocycles. The number of nitrogens with zero attached hydrogens (tertiary/aromatic N) is 2. The van der Waals surface area contributed by atoms with E-state index in [1.54, 1.807) is 0 Å². The second-order valence-electron chi connectivity index (χ2n) is 11.4. The van der Waals surface area contributed by atoms with Gasteiger partial charge < -0.3 is 9.13 Å². The molecule has 0 fully saturated rings. The molecule has 0 radical (unpaired) electrons. The van der Waals surface area contributed by atoms with E-state index in [4.69, 9.17) is 0 Å². The van der Waals surface area contributed by atoms with Gasteiger partial charge in [0.1, 0.15) is 0 Å². The van der Waals surface area contributed by atoms with Gasteiger partial charge in [-0.3, -0.25) is 0 Å². The predicted octanol–water partition coefficient (Wildman–Crippen LogP) is 11.2. The molecular formula is C42H28N2. The fourth-order valence-electron chi connectivity index (χ4n) is 7.03. The number of para-hydroxylation sites is 4. The molecule has 9 rings (SSSR count). The number of benzene rings is 7. The third-order valence-electron chi connectivity index (χ3n) is 8.91. The Bertz CT molecular complexity index is 2240. The molecule has 0 saturated heterocycles. The Balaban J connectivity index is 1.52. The van der Waals surface area contributed by atoms with E-state index in [0.717, 1.165) is 11.4 Å². The normalized spacial score (nSPS) is 11.6. The number of rotatable bonds is 4. The van der Waals surface area contributed by atoms with E-state index in [2.05, 4.69) is 179 Å². The molecule has 0 bridgehead atoms. The minimum atomic E-state index is 1.16. The minimum Gasteiger partial charge on any atom is -0.309 e. The molecule has 2 heterocycles. The standard InChI is InChI=1S/C42H28N2/c1-3-15-29(16-4-1)31-27-40(43-36-23-11-7-19-32(36)33-20-8-12-24-37(33)43)42(30-17-5-2-6-18-30)41(28-31)44-38-25-13-9-21-34(38)35-22-10-14-26-39(35)44/h1-28H. The Labute approximate surface area is 255 Å². The first-order valence-electron chi connectivity index (χ1n) is 15.1. The average molecular weight is 561 g/mol. The third kappa shape index (κ3) is 3.68. The average Bonchev–Trinajstić information content (AvgIpc) is 3.62. The first kappa shape index (κ1) is 24.7. The Morgan fingerprint density at radius 3 is 0.977 bits per heavy atom. The zero-order valence-corrected chi connectivity index (χ0v) is 24.1. The zero-order valence-electron chi connectivity index (χ0n) is 24.1. The second kappa shape index (κ2) is 9.86. The van der Waals surface area contributed by atoms with Crippen LogP contribution in [0.4, 0.5) is 0 Å². The highest BCUT2D eigenvalue weighted by molar-refractivity contribution is 6.12. The maximum Gasteiger partial charge on any atom is 0.0567 e. The lowest BCUT2D eigenvalue weighted by Gasteiger charge is -2.22. The summed E-state index contributed by atoms with van der Waals surface area (Å²) in [6.07, 6.45) is 0. The van der Waals surface area contributed by atoms with Gasteiger partial charge in [-0.25, -0.2) is 0 Å². The molecule has 0 aliphatic rings. The quantitative estimate of drug-likeness (QED) is 0.203. The van der Waals surface area contributed by atoms with Gasteiger partial charge in [0.05, 0.1) is 33.4 Å². The lowest BCUT2D eigenvalue weighted by atomic mass is 9.95. The van der Waals surface area contributed by atoms with Crippen LogP contribution in [-0.2, 0) is 0 Å². The molecule has 9 aromatic rings. The first-order valence-corrected chi connectivity index (χ1v) is 15.1. The molecule has 0 aliphatic carbocycles. The van der Waals surface area contributed by atoms with Crippen molar-refractivity contribution in [3.8, 4) is 33.6 Å². The van der Waals surface area contributed by atoms with Crippen LogP contribution in [0.15, 0.2) is 170 Å². The Hall–Kier alpha value is -5.86. The summed E-state index contributed by atoms with van der Waals surface area (Å²) in [6, 6.07) is 61.5. The van der Waals surface area contributed by atoms with E-state index >= 15 is 0 Å². The van der Waals surface area contributed by atoms with Crippen LogP contribution in [0.25, 0.3) is 77.2 Å². The van der Waals surface area contributed by atoms with Gasteiger partial charge in [-0.05, 0) is 53.1 Å². The predicted molar refractivity (Wildman–Crippen MR) is 186 cm³/mol. The minimum absolute atomic E-state index is 1.16. The molecule has 2 nitrogen and oxygen atoms in total. The molecule has 7 aromatic carbocycles. The molecule has 2 heteroatoms. The highest BCUT2D eigenvalue weighted by Crippen LogP contribution is 2.44. The van der Waals surface area contributed by atoms with Crippen molar-refractivity contribution in [1.29, 1.82) is 0 Å². The SMILES string of the molecule is c1ccc(-c2cc(-n3c4ccccc4c4ccccc43)c(-c3ccccc3)c(-n3c4ccccc4c4ccccc43)c2)cc1. The molecular weight excluding hydrogens is 532 g/mol. The van der Waals surface area contributed by atoms with Crippen molar-refractivity contribution < 1.29 is 0 Å². The van der Waals surface area contributed by atoms with Crippen molar-refractivity contribution in [2.24, 2.45) is 0 Å². The van der Waals surface area contributed by atoms with Crippen molar-refractivity contribution in [2.45, 2.75) is 0 Å². The van der Waals surface area contributed by atoms with Crippen LogP contribution in [0.5, 0.6) is 0 Å². The van der Waals surface area contributed by atoms with Crippen LogP contribution in [-0.4, -0.2) is 9.13 Å². The molecule has 0 N–H and O–H groups in total. The second-order valence-corrected chi connectivity index (χ2v) is 11.4. The summed E-state index contributed by atoms with van der Waals surface area (Å²) in [4.78, 5) is 0. The molecule has 0 aliphatic heterocycles. The van der Waals surface area contributed by atoms with Gasteiger partial charge in [-0.15, -0.1) is 0 Å². The van der Waals surface area contributed by atoms with Crippen LogP contribution < -0.4 is 0 Å². The lowest BCUT2D eigenvalue weighted by molar-refractivity contribution is 1.14. The van der Waals surface area contributed by atoms with E-state index in [1.807, 2.05) is 0 Å². The van der Waals surface area contributed by atoms with E-state index in [1.165, 1.54) is 65.9 Å². The lowest BCUT2D eigenvalue weighted by Crippen LogP contribution is -2.04. The summed E-state index contributed by atoms with van der Waals surface area (Å²) in [7, 11) is 0. The highest BCUT2D eigenvalue weighted by atomic mass is 15.0. The summed E-state index contributed by atoms with van der Waals surface area (Å²) in [5.41, 5.74) is 11.9. The summed E-state index contributed by atoms with van der Waals surface area (Å²) >= 11 is 0. The van der Waals surface area contributed by atoms with Crippen molar-refractivity contribution >= 4 is 43.6 Å². The molecule has 0 unspecified atom stereocenters. The van der Waals surface area contributed by atoms with Gasteiger partial charge in [-0.1, -0.05) is 133 Å². The third-order valence-corrected chi connectivity index (χ3v) is 8.91. The van der Waals surface area contributed by atoms with Crippen LogP contribution >= 0.6 is 0 Å². The molecule has 0 atom stereocenters. The van der Waals surface area contributed by atoms with E-state index in [0.29, 0.717) is 0 Å². The maximum absolute atomic E-state index is 2.47. The fourth-order valence-corrected chi connectivity index (χ4v) is 7.03. The highest BCUT2D eigenvalue weighted by Gasteiger charge is 2.23. The molecule has 0 amide bonds. The van der Waals surface area contributed by atoms with Gasteiger partial charge in [0.2, 0.25) is 0 Å². The summed E-state index contributed by atoms with van der Waals surface area (Å²) in [5, 5.41) is 5.02. The zero-order chi connectivity index (χ0) is 29.0. The van der Waals surface area contributed by atoms with Crippen molar-refractivity contribution in [3.05, 3.63) is 170 Å². The van der Waals surface area contributed by atoms with Crippen molar-refractivity contribution in [1.82, 2.24) is 9.13 Å². The molecule has 206 valence electrons. The van der Waals surface area contributed by atoms with Crippen LogP contribution in [0.1, 0.15) is 0 Å². The smallest absolute Gasteiger partial charge is 0.0567 e. The Morgan fingerprint density at radius 2 is 0.591 bits per heavy atom. The van der Waals surface area contributed by atoms with Crippen molar-refractivity contribution in [3.63, 3.8) is 0 Å². The number of aromatic nitrogens is 2. The first-order chi connectivity index (χ1) is 21.9. The number of hydrogen-bond donors (Lipinski definition) is 0. The molecule has 0 spiro atoms. The van der Waals surface area contributed by atoms with E-state index < -0.39 is 0 Å². The number of hydrogen-bond acceptors (Lipinski definition) is 0. The van der Waals surface area contributed by atoms with E-state index in [-0.39, 0.29) is 0 Å². The molecule has 0 saturated carbocycles. The maximum atomic E-state index is 2.47. The Kier molecular flexibility index (Phi) is 5.54. The van der Waals surface area contributed by atoms with Crippen LogP contribution in [0.3, 0.4) is 0 Å². The fraction of sp³-hybridized carbons (Fsp3) is 0. The summed E-state index contributed by atoms with van der Waals surface area (Å²) in [5.74, 6) is 0. The van der Waals surface area contributed by atoms with Crippen molar-refractivity contribution in [2.75, 3.05) is 0 Å². The summed E-state index contributed by atoms with van der Waals surface area (Å²) in [6.45, 7) is 0. The Morgan fingerprint density at radius 1 is 0.273 bits per heavy atom. The van der Waals surface area contributed by atoms with E-state index in [9.17, 15) is 0 Å². The van der Waals surface area contributed by atoms with Gasteiger partial charge in [-0.2, -0.15) is 0 Å². The molecule has 44 heavy (non-hydrogen) atoms. The van der Waals surface area contributed by atoms with Crippen LogP contribution in [0, 0.1) is 0 Å². The van der Waals surface area contributed by atoms with Gasteiger partial charge in [0, 0.05) is 27.1 Å². The largest absolute Gasteiger partial charge is 0.309 e. The number of fused-ring (bicyclic) bond motifs is 6.